The Morgan fingerprint density at radius 2 is 2.20 bits per heavy atom. The highest BCUT2D eigenvalue weighted by atomic mass is 16.2. The summed E-state index contributed by atoms with van der Waals surface area (Å²) in [5.41, 5.74) is 1.44. The first kappa shape index (κ1) is 10.2. The van der Waals surface area contributed by atoms with Gasteiger partial charge in [0.25, 0.3) is 0 Å². The number of carbonyl (C=O) groups excluding carboxylic acids is 2. The van der Waals surface area contributed by atoms with Crippen molar-refractivity contribution in [3.63, 3.8) is 0 Å². The Labute approximate surface area is 89.3 Å². The van der Waals surface area contributed by atoms with E-state index in [1.54, 1.807) is 4.90 Å². The van der Waals surface area contributed by atoms with E-state index < -0.39 is 0 Å². The monoisotopic (exact) mass is 208 g/mol. The summed E-state index contributed by atoms with van der Waals surface area (Å²) in [4.78, 5) is 23.7. The van der Waals surface area contributed by atoms with Crippen LogP contribution >= 0.6 is 0 Å². The lowest BCUT2D eigenvalue weighted by atomic mass is 9.97. The van der Waals surface area contributed by atoms with E-state index in [0.717, 1.165) is 12.8 Å². The van der Waals surface area contributed by atoms with Crippen molar-refractivity contribution in [2.45, 2.75) is 32.1 Å². The Balaban J connectivity index is 1.80. The van der Waals surface area contributed by atoms with E-state index in [9.17, 15) is 9.59 Å². The number of amides is 3. The molecule has 15 heavy (non-hydrogen) atoms. The second-order valence-electron chi connectivity index (χ2n) is 4.13. The highest BCUT2D eigenvalue weighted by molar-refractivity contribution is 6.01. The van der Waals surface area contributed by atoms with Gasteiger partial charge in [-0.3, -0.25) is 10.1 Å². The van der Waals surface area contributed by atoms with Crippen molar-refractivity contribution in [3.8, 4) is 0 Å². The summed E-state index contributed by atoms with van der Waals surface area (Å²) in [6, 6.07) is -0.239. The van der Waals surface area contributed by atoms with Gasteiger partial charge in [-0.25, -0.2) is 4.79 Å². The standard InChI is InChI=1S/C11H16N2O2/c14-10-8-13(11(15)12-10)7-6-9-4-2-1-3-5-9/h4H,1-3,5-8H2,(H,12,14,15). The molecule has 0 aromatic carbocycles. The molecule has 0 spiro atoms. The topological polar surface area (TPSA) is 49.4 Å². The fourth-order valence-electron chi connectivity index (χ4n) is 2.07. The Morgan fingerprint density at radius 1 is 1.33 bits per heavy atom. The third-order valence-electron chi connectivity index (χ3n) is 2.96. The molecule has 0 bridgehead atoms. The molecule has 3 amide bonds. The molecule has 82 valence electrons. The molecule has 1 aliphatic carbocycles. The van der Waals surface area contributed by atoms with E-state index in [1.165, 1.54) is 24.8 Å². The van der Waals surface area contributed by atoms with Crippen LogP contribution < -0.4 is 5.32 Å². The minimum absolute atomic E-state index is 0.183. The van der Waals surface area contributed by atoms with Crippen LogP contribution in [-0.4, -0.2) is 29.9 Å². The number of nitrogens with one attached hydrogen (secondary N) is 1. The molecule has 0 saturated carbocycles. The molecular formula is C11H16N2O2. The molecule has 1 saturated heterocycles. The Morgan fingerprint density at radius 3 is 2.80 bits per heavy atom. The summed E-state index contributed by atoms with van der Waals surface area (Å²) in [5, 5.41) is 2.28. The van der Waals surface area contributed by atoms with Gasteiger partial charge in [-0.15, -0.1) is 0 Å². The first-order chi connectivity index (χ1) is 7.25. The Kier molecular flexibility index (Phi) is 3.04. The van der Waals surface area contributed by atoms with E-state index in [-0.39, 0.29) is 18.5 Å². The van der Waals surface area contributed by atoms with Crippen molar-refractivity contribution in [3.05, 3.63) is 11.6 Å². The zero-order valence-electron chi connectivity index (χ0n) is 8.79. The van der Waals surface area contributed by atoms with Gasteiger partial charge in [-0.2, -0.15) is 0 Å². The molecule has 0 unspecified atom stereocenters. The normalized spacial score (nSPS) is 21.6. The van der Waals surface area contributed by atoms with Crippen LogP contribution in [0.4, 0.5) is 4.79 Å². The van der Waals surface area contributed by atoms with Crippen LogP contribution in [0.25, 0.3) is 0 Å². The summed E-state index contributed by atoms with van der Waals surface area (Å²) in [6.07, 6.45) is 8.06. The smallest absolute Gasteiger partial charge is 0.315 e. The number of imide groups is 1. The summed E-state index contributed by atoms with van der Waals surface area (Å²) >= 11 is 0. The molecule has 4 nitrogen and oxygen atoms in total. The van der Waals surface area contributed by atoms with Crippen molar-refractivity contribution >= 4 is 11.9 Å². The van der Waals surface area contributed by atoms with Crippen LogP contribution in [0.1, 0.15) is 32.1 Å². The number of hydrogen-bond donors (Lipinski definition) is 1. The predicted molar refractivity (Wildman–Crippen MR) is 56.3 cm³/mol. The quantitative estimate of drug-likeness (QED) is 0.563. The lowest BCUT2D eigenvalue weighted by Crippen LogP contribution is -2.29. The molecule has 1 fully saturated rings. The Bertz CT molecular complexity index is 310. The number of nitrogens with zero attached hydrogens (tertiary/aromatic N) is 1. The zero-order valence-corrected chi connectivity index (χ0v) is 8.79. The average Bonchev–Trinajstić information content (AvgIpc) is 2.56. The van der Waals surface area contributed by atoms with Crippen molar-refractivity contribution in [1.29, 1.82) is 0 Å². The third kappa shape index (κ3) is 2.58. The molecule has 4 heteroatoms. The van der Waals surface area contributed by atoms with E-state index in [4.69, 9.17) is 0 Å². The second-order valence-corrected chi connectivity index (χ2v) is 4.13. The highest BCUT2D eigenvalue weighted by Crippen LogP contribution is 2.20. The van der Waals surface area contributed by atoms with Crippen molar-refractivity contribution < 1.29 is 9.59 Å². The maximum Gasteiger partial charge on any atom is 0.324 e. The van der Waals surface area contributed by atoms with Gasteiger partial charge >= 0.3 is 6.03 Å². The molecule has 0 aromatic rings. The maximum absolute atomic E-state index is 11.2. The van der Waals surface area contributed by atoms with E-state index in [0.29, 0.717) is 6.54 Å². The molecular weight excluding hydrogens is 192 g/mol. The highest BCUT2D eigenvalue weighted by Gasteiger charge is 2.26. The third-order valence-corrected chi connectivity index (χ3v) is 2.96. The summed E-state index contributed by atoms with van der Waals surface area (Å²) in [5.74, 6) is -0.183. The van der Waals surface area contributed by atoms with Gasteiger partial charge in [0.2, 0.25) is 5.91 Å². The molecule has 0 radical (unpaired) electrons. The van der Waals surface area contributed by atoms with Crippen molar-refractivity contribution in [1.82, 2.24) is 10.2 Å². The number of urea groups is 1. The summed E-state index contributed by atoms with van der Waals surface area (Å²) < 4.78 is 0. The van der Waals surface area contributed by atoms with Crippen molar-refractivity contribution in [2.75, 3.05) is 13.1 Å². The minimum Gasteiger partial charge on any atom is -0.315 e. The van der Waals surface area contributed by atoms with Gasteiger partial charge in [-0.05, 0) is 32.1 Å². The maximum atomic E-state index is 11.2. The molecule has 1 heterocycles. The van der Waals surface area contributed by atoms with Gasteiger partial charge in [0.15, 0.2) is 0 Å². The SMILES string of the molecule is O=C1CN(CCC2=CCCCC2)C(=O)N1. The molecule has 1 aliphatic heterocycles. The molecule has 2 rings (SSSR count). The lowest BCUT2D eigenvalue weighted by molar-refractivity contribution is -0.118. The molecule has 0 atom stereocenters. The van der Waals surface area contributed by atoms with Crippen LogP contribution in [-0.2, 0) is 4.79 Å². The first-order valence-corrected chi connectivity index (χ1v) is 5.52. The van der Waals surface area contributed by atoms with E-state index >= 15 is 0 Å². The van der Waals surface area contributed by atoms with Crippen LogP contribution in [0.2, 0.25) is 0 Å². The number of hydrogen-bond acceptors (Lipinski definition) is 2. The van der Waals surface area contributed by atoms with E-state index in [2.05, 4.69) is 11.4 Å². The summed E-state index contributed by atoms with van der Waals surface area (Å²) in [6.45, 7) is 0.898. The molecule has 1 N–H and O–H groups in total. The van der Waals surface area contributed by atoms with E-state index in [1.807, 2.05) is 0 Å². The van der Waals surface area contributed by atoms with Crippen LogP contribution in [0.5, 0.6) is 0 Å². The number of rotatable bonds is 3. The summed E-state index contributed by atoms with van der Waals surface area (Å²) in [7, 11) is 0. The largest absolute Gasteiger partial charge is 0.324 e. The number of carbonyl (C=O) groups is 2. The number of allylic oxidation sites excluding steroid dienone is 1. The van der Waals surface area contributed by atoms with Crippen LogP contribution in [0, 0.1) is 0 Å². The minimum atomic E-state index is -0.239. The molecule has 2 aliphatic rings. The lowest BCUT2D eigenvalue weighted by Gasteiger charge is -2.16. The van der Waals surface area contributed by atoms with Gasteiger partial charge in [0, 0.05) is 6.54 Å². The van der Waals surface area contributed by atoms with Gasteiger partial charge in [0.05, 0.1) is 0 Å². The van der Waals surface area contributed by atoms with Gasteiger partial charge < -0.3 is 4.90 Å². The fourth-order valence-corrected chi connectivity index (χ4v) is 2.07. The fraction of sp³-hybridized carbons (Fsp3) is 0.636. The second kappa shape index (κ2) is 4.47. The average molecular weight is 208 g/mol. The zero-order chi connectivity index (χ0) is 10.7. The first-order valence-electron chi connectivity index (χ1n) is 5.52. The van der Waals surface area contributed by atoms with Crippen LogP contribution in [0.15, 0.2) is 11.6 Å². The van der Waals surface area contributed by atoms with Crippen LogP contribution in [0.3, 0.4) is 0 Å². The van der Waals surface area contributed by atoms with Gasteiger partial charge in [0.1, 0.15) is 6.54 Å². The molecule has 0 aromatic heterocycles. The predicted octanol–water partition coefficient (Wildman–Crippen LogP) is 1.43. The van der Waals surface area contributed by atoms with Crippen molar-refractivity contribution in [2.24, 2.45) is 0 Å². The Hall–Kier alpha value is -1.32. The van der Waals surface area contributed by atoms with Gasteiger partial charge in [-0.1, -0.05) is 11.6 Å².